The summed E-state index contributed by atoms with van der Waals surface area (Å²) in [5.74, 6) is -0.773. The molecule has 2 unspecified atom stereocenters. The van der Waals surface area contributed by atoms with Gasteiger partial charge in [0.15, 0.2) is 5.72 Å². The number of hydrogen-bond donors (Lipinski definition) is 0. The first-order chi connectivity index (χ1) is 10.8. The molecule has 1 aromatic rings. The van der Waals surface area contributed by atoms with Crippen LogP contribution in [0.4, 0.5) is 0 Å². The van der Waals surface area contributed by atoms with Crippen LogP contribution in [0, 0.1) is 0 Å². The molecule has 122 valence electrons. The van der Waals surface area contributed by atoms with Gasteiger partial charge in [0, 0.05) is 23.6 Å². The summed E-state index contributed by atoms with van der Waals surface area (Å²) in [4.78, 5) is 26.2. The van der Waals surface area contributed by atoms with Gasteiger partial charge in [-0.05, 0) is 32.8 Å². The highest BCUT2D eigenvalue weighted by Crippen LogP contribution is 2.43. The van der Waals surface area contributed by atoms with E-state index in [9.17, 15) is 9.59 Å². The average molecular weight is 313 g/mol. The molecule has 0 bridgehead atoms. The smallest absolute Gasteiger partial charge is 0.335 e. The monoisotopic (exact) mass is 313 g/mol. The number of nitrogens with zero attached hydrogens (tertiary/aromatic N) is 1. The fraction of sp³-hybridized carbons (Fsp3) is 0.368. The minimum atomic E-state index is -1.05. The molecule has 2 atom stereocenters. The molecule has 1 saturated heterocycles. The molecule has 1 fully saturated rings. The van der Waals surface area contributed by atoms with E-state index in [-0.39, 0.29) is 11.8 Å². The number of carbonyl (C=O) groups is 2. The van der Waals surface area contributed by atoms with Gasteiger partial charge in [0.05, 0.1) is 0 Å². The normalized spacial score (nSPS) is 23.4. The molecular weight excluding hydrogens is 290 g/mol. The van der Waals surface area contributed by atoms with Crippen molar-refractivity contribution in [2.75, 3.05) is 6.54 Å². The number of amides is 1. The average Bonchev–Trinajstić information content (AvgIpc) is 2.83. The minimum Gasteiger partial charge on any atom is -0.435 e. The third-order valence-electron chi connectivity index (χ3n) is 4.28. The molecule has 1 heterocycles. The predicted octanol–water partition coefficient (Wildman–Crippen LogP) is 3.41. The molecule has 0 saturated carbocycles. The van der Waals surface area contributed by atoms with Crippen LogP contribution in [-0.2, 0) is 14.3 Å². The molecule has 0 N–H and O–H groups in total. The fourth-order valence-electron chi connectivity index (χ4n) is 3.03. The number of hydrogen-bond acceptors (Lipinski definition) is 3. The van der Waals surface area contributed by atoms with Gasteiger partial charge in [-0.1, -0.05) is 43.5 Å². The first-order valence-corrected chi connectivity index (χ1v) is 7.68. The SMILES string of the molecule is C=C(C)C(=O)OC1(C)C(c2ccccc2)CCN1C(=O)C(=C)C. The summed E-state index contributed by atoms with van der Waals surface area (Å²) in [7, 11) is 0. The van der Waals surface area contributed by atoms with Gasteiger partial charge < -0.3 is 9.64 Å². The molecule has 4 nitrogen and oxygen atoms in total. The molecule has 0 spiro atoms. The number of benzene rings is 1. The first kappa shape index (κ1) is 17.0. The first-order valence-electron chi connectivity index (χ1n) is 7.68. The van der Waals surface area contributed by atoms with Crippen LogP contribution in [0.5, 0.6) is 0 Å². The van der Waals surface area contributed by atoms with Gasteiger partial charge in [0.25, 0.3) is 5.91 Å². The summed E-state index contributed by atoms with van der Waals surface area (Å²) in [6.07, 6.45) is 0.725. The van der Waals surface area contributed by atoms with Crippen molar-refractivity contribution in [3.8, 4) is 0 Å². The number of esters is 1. The second kappa shape index (κ2) is 6.41. The second-order valence-electron chi connectivity index (χ2n) is 6.21. The van der Waals surface area contributed by atoms with Crippen molar-refractivity contribution in [2.24, 2.45) is 0 Å². The summed E-state index contributed by atoms with van der Waals surface area (Å²) in [6, 6.07) is 9.81. The van der Waals surface area contributed by atoms with Gasteiger partial charge in [0.2, 0.25) is 0 Å². The fourth-order valence-corrected chi connectivity index (χ4v) is 3.03. The van der Waals surface area contributed by atoms with Gasteiger partial charge >= 0.3 is 5.97 Å². The van der Waals surface area contributed by atoms with Gasteiger partial charge in [0.1, 0.15) is 0 Å². The molecule has 23 heavy (non-hydrogen) atoms. The van der Waals surface area contributed by atoms with E-state index in [1.807, 2.05) is 30.3 Å². The number of carbonyl (C=O) groups excluding carboxylic acids is 2. The maximum atomic E-state index is 12.5. The van der Waals surface area contributed by atoms with Crippen LogP contribution in [0.25, 0.3) is 0 Å². The van der Waals surface area contributed by atoms with Crippen molar-refractivity contribution >= 4 is 11.9 Å². The van der Waals surface area contributed by atoms with E-state index in [1.165, 1.54) is 0 Å². The molecule has 1 aromatic carbocycles. The third-order valence-corrected chi connectivity index (χ3v) is 4.28. The standard InChI is InChI=1S/C19H23NO3/c1-13(2)17(21)20-12-11-16(15-9-7-6-8-10-15)19(20,5)23-18(22)14(3)4/h6-10,16H,1,3,11-12H2,2,4-5H3. The highest BCUT2D eigenvalue weighted by Gasteiger charge is 2.51. The summed E-state index contributed by atoms with van der Waals surface area (Å²) < 4.78 is 5.74. The van der Waals surface area contributed by atoms with E-state index in [1.54, 1.807) is 25.7 Å². The van der Waals surface area contributed by atoms with Crippen LogP contribution in [0.1, 0.15) is 38.7 Å². The minimum absolute atomic E-state index is 0.0877. The molecule has 1 aliphatic heterocycles. The van der Waals surface area contributed by atoms with E-state index >= 15 is 0 Å². The Morgan fingerprint density at radius 2 is 1.78 bits per heavy atom. The Labute approximate surface area is 137 Å². The summed E-state index contributed by atoms with van der Waals surface area (Å²) in [5, 5.41) is 0. The number of likely N-dealkylation sites (tertiary alicyclic amines) is 1. The Balaban J connectivity index is 2.43. The molecule has 1 aliphatic rings. The summed E-state index contributed by atoms with van der Waals surface area (Å²) in [6.45, 7) is 12.9. The van der Waals surface area contributed by atoms with Crippen LogP contribution >= 0.6 is 0 Å². The molecule has 0 aromatic heterocycles. The Kier molecular flexibility index (Phi) is 4.73. The van der Waals surface area contributed by atoms with Crippen molar-refractivity contribution in [3.05, 3.63) is 60.2 Å². The summed E-state index contributed by atoms with van der Waals surface area (Å²) >= 11 is 0. The van der Waals surface area contributed by atoms with Crippen LogP contribution in [0.2, 0.25) is 0 Å². The highest BCUT2D eigenvalue weighted by atomic mass is 16.6. The molecule has 1 amide bonds. The molecule has 0 aliphatic carbocycles. The number of ether oxygens (including phenoxy) is 1. The zero-order chi connectivity index (χ0) is 17.2. The van der Waals surface area contributed by atoms with E-state index in [2.05, 4.69) is 13.2 Å². The van der Waals surface area contributed by atoms with Gasteiger partial charge in [-0.25, -0.2) is 4.79 Å². The van der Waals surface area contributed by atoms with Crippen LogP contribution in [-0.4, -0.2) is 29.0 Å². The van der Waals surface area contributed by atoms with Crippen molar-refractivity contribution < 1.29 is 14.3 Å². The van der Waals surface area contributed by atoms with E-state index in [0.29, 0.717) is 17.7 Å². The number of rotatable bonds is 4. The van der Waals surface area contributed by atoms with Crippen molar-refractivity contribution in [2.45, 2.75) is 38.8 Å². The van der Waals surface area contributed by atoms with Crippen LogP contribution in [0.3, 0.4) is 0 Å². The quantitative estimate of drug-likeness (QED) is 0.632. The Morgan fingerprint density at radius 1 is 1.17 bits per heavy atom. The molecule has 0 radical (unpaired) electrons. The van der Waals surface area contributed by atoms with Gasteiger partial charge in [-0.3, -0.25) is 4.79 Å². The lowest BCUT2D eigenvalue weighted by Gasteiger charge is -2.38. The van der Waals surface area contributed by atoms with Crippen molar-refractivity contribution in [3.63, 3.8) is 0 Å². The zero-order valence-electron chi connectivity index (χ0n) is 14.0. The Hall–Kier alpha value is -2.36. The lowest BCUT2D eigenvalue weighted by Crippen LogP contribution is -2.51. The van der Waals surface area contributed by atoms with E-state index in [0.717, 1.165) is 12.0 Å². The predicted molar refractivity (Wildman–Crippen MR) is 89.6 cm³/mol. The van der Waals surface area contributed by atoms with E-state index < -0.39 is 11.7 Å². The van der Waals surface area contributed by atoms with Crippen LogP contribution < -0.4 is 0 Å². The molecule has 2 rings (SSSR count). The molecule has 4 heteroatoms. The lowest BCUT2D eigenvalue weighted by atomic mass is 9.89. The van der Waals surface area contributed by atoms with Gasteiger partial charge in [-0.2, -0.15) is 0 Å². The molecular formula is C19H23NO3. The van der Waals surface area contributed by atoms with E-state index in [4.69, 9.17) is 4.74 Å². The Bertz CT molecular complexity index is 650. The van der Waals surface area contributed by atoms with Crippen molar-refractivity contribution in [1.82, 2.24) is 4.90 Å². The lowest BCUT2D eigenvalue weighted by molar-refractivity contribution is -0.177. The van der Waals surface area contributed by atoms with Gasteiger partial charge in [-0.15, -0.1) is 0 Å². The second-order valence-corrected chi connectivity index (χ2v) is 6.21. The topological polar surface area (TPSA) is 46.6 Å². The maximum absolute atomic E-state index is 12.5. The zero-order valence-corrected chi connectivity index (χ0v) is 14.0. The van der Waals surface area contributed by atoms with Crippen LogP contribution in [0.15, 0.2) is 54.6 Å². The largest absolute Gasteiger partial charge is 0.435 e. The van der Waals surface area contributed by atoms with Crippen molar-refractivity contribution in [1.29, 1.82) is 0 Å². The highest BCUT2D eigenvalue weighted by molar-refractivity contribution is 5.93. The third kappa shape index (κ3) is 3.21. The Morgan fingerprint density at radius 3 is 2.30 bits per heavy atom. The summed E-state index contributed by atoms with van der Waals surface area (Å²) in [5.41, 5.74) is 0.735. The maximum Gasteiger partial charge on any atom is 0.335 e.